The number of allylic oxidation sites excluding steroid dienone is 3. The van der Waals surface area contributed by atoms with E-state index in [1.807, 2.05) is 31.2 Å². The van der Waals surface area contributed by atoms with Gasteiger partial charge >= 0.3 is 12.1 Å². The molecule has 7 heterocycles. The second kappa shape index (κ2) is 43.4. The number of halogens is 1. The first kappa shape index (κ1) is 95.0. The van der Waals surface area contributed by atoms with E-state index in [2.05, 4.69) is 36.9 Å². The van der Waals surface area contributed by atoms with E-state index in [4.69, 9.17) is 41.0 Å². The van der Waals surface area contributed by atoms with Gasteiger partial charge in [0, 0.05) is 140 Å². The van der Waals surface area contributed by atoms with Crippen molar-refractivity contribution in [3.8, 4) is 11.5 Å². The number of aromatic hydroxyl groups is 1. The van der Waals surface area contributed by atoms with Crippen LogP contribution in [0.3, 0.4) is 0 Å². The van der Waals surface area contributed by atoms with Crippen LogP contribution in [-0.4, -0.2) is 269 Å². The number of carbonyl (C=O) groups is 12. The minimum Gasteiger partial charge on any atom is -0.508 e. The van der Waals surface area contributed by atoms with Crippen LogP contribution in [0.2, 0.25) is 5.02 Å². The topological polar surface area (TPSA) is 442 Å². The first-order valence-corrected chi connectivity index (χ1v) is 44.2. The Morgan fingerprint density at radius 2 is 1.35 bits per heavy atom. The maximum atomic E-state index is 15.4. The van der Waals surface area contributed by atoms with Crippen molar-refractivity contribution in [3.05, 3.63) is 148 Å². The van der Waals surface area contributed by atoms with Crippen LogP contribution >= 0.6 is 33.2 Å². The molecule has 6 aliphatic heterocycles. The number of nitrogens with zero attached hydrogens (tertiary/aromatic N) is 5. The molecule has 0 saturated carbocycles. The van der Waals surface area contributed by atoms with Crippen LogP contribution in [0.15, 0.2) is 121 Å². The molecule has 0 spiro atoms. The highest BCUT2D eigenvalue weighted by molar-refractivity contribution is 8.76. The number of aromatic amines is 1. The van der Waals surface area contributed by atoms with Gasteiger partial charge in [0.2, 0.25) is 64.9 Å². The first-order chi connectivity index (χ1) is 58.6. The summed E-state index contributed by atoms with van der Waals surface area (Å²) in [5.74, 6) is -10.0. The maximum absolute atomic E-state index is 15.4. The zero-order valence-electron chi connectivity index (χ0n) is 70.9. The zero-order valence-corrected chi connectivity index (χ0v) is 73.3. The fourth-order valence-corrected chi connectivity index (χ4v) is 18.2. The molecular formula is C87H114ClN13O20S2. The van der Waals surface area contributed by atoms with Crippen molar-refractivity contribution in [1.29, 1.82) is 0 Å². The van der Waals surface area contributed by atoms with E-state index in [0.29, 0.717) is 58.9 Å². The number of carbonyl (C=O) groups excluding carboxylic acids is 12. The van der Waals surface area contributed by atoms with Gasteiger partial charge in [0.1, 0.15) is 71.0 Å². The summed E-state index contributed by atoms with van der Waals surface area (Å²) in [6, 6.07) is 15.1. The summed E-state index contributed by atoms with van der Waals surface area (Å²) in [6.07, 6.45) is 1.13. The summed E-state index contributed by atoms with van der Waals surface area (Å²) in [5, 5.41) is 50.7. The number of rotatable bonds is 26. The number of nitrogens with two attached hydrogens (primary N) is 1. The number of likely N-dealkylation sites (N-methyl/N-ethyl adjacent to an activating group) is 2. The lowest BCUT2D eigenvalue weighted by atomic mass is 9.75. The van der Waals surface area contributed by atoms with Crippen molar-refractivity contribution in [2.45, 2.75) is 196 Å². The number of nitrogens with one attached hydrogen (secondary N) is 7. The number of unbranched alkanes of at least 4 members (excludes halogenated alkanes) is 1. The van der Waals surface area contributed by atoms with Crippen molar-refractivity contribution in [2.75, 3.05) is 84.5 Å². The monoisotopic (exact) mass is 1760 g/mol. The molecule has 4 aromatic carbocycles. The molecule has 11 amide bonds. The Balaban J connectivity index is 0.773. The number of anilines is 1. The largest absolute Gasteiger partial charge is 0.508 e. The number of piperazine rings is 1. The molecule has 4 saturated heterocycles. The molecule has 5 aromatic rings. The number of benzene rings is 4. The number of aliphatic hydroxyl groups excluding tert-OH is 1. The highest BCUT2D eigenvalue weighted by Gasteiger charge is 2.62. The highest BCUT2D eigenvalue weighted by atomic mass is 35.5. The van der Waals surface area contributed by atoms with Gasteiger partial charge in [0.25, 0.3) is 0 Å². The third-order valence-electron chi connectivity index (χ3n) is 23.5. The van der Waals surface area contributed by atoms with Gasteiger partial charge in [0.05, 0.1) is 31.4 Å². The standard InChI is InChI=1S/C87H114ClN13O20S2/c1-50-19-18-25-70(118-10)86(116)47-69(119-85(115)96-86)51(2)77-52(3)87(120-77,48-74(107)98(7)67-44-57(41-50)45-68(117-9)75(67)88)121-84(114)53(4)97(6)71(104)32-39-122-123-40-33-73(106)101-37-35-100(36-38-101)72(105)31-30-66-81(111)93-63(42-56-26-28-59(103)29-27-56)79(109)92-64(46-58-49-90-61-23-15-14-22-60(58)61)80(110)91-62(24-16-17-34-89)78(108)95-76(54(5)102)82(112)94-65(83(113)99(66)8)43-55-20-12-11-13-21-55/h11-15,18-23,25-29,44-45,49,51-54,62-66,69-70,76-77,90,102-103,116H,16-17,24,30-43,46-48,89H2,1-10H3,(H,91,110)(H,92,109)(H,93,111)(H,94,112)(H,95,108)(H,96,115)/b25-18+,50-19+/t51-,52+,53+,54-,62+,63+,64-,65+,66+,69+,70-,76+,77+,86+,87?/m1/s1. The quantitative estimate of drug-likeness (QED) is 0.0197. The van der Waals surface area contributed by atoms with Crippen molar-refractivity contribution in [1.82, 2.24) is 56.5 Å². The van der Waals surface area contributed by atoms with E-state index < -0.39 is 162 Å². The van der Waals surface area contributed by atoms with Gasteiger partial charge in [-0.05, 0) is 112 Å². The number of phenols is 1. The molecule has 1 aromatic heterocycles. The van der Waals surface area contributed by atoms with Gasteiger partial charge in [-0.15, -0.1) is 0 Å². The molecule has 1 unspecified atom stereocenters. The molecule has 33 nitrogen and oxygen atoms in total. The Morgan fingerprint density at radius 3 is 2.01 bits per heavy atom. The first-order valence-electron chi connectivity index (χ1n) is 41.4. The predicted molar refractivity (Wildman–Crippen MR) is 462 cm³/mol. The number of para-hydroxylation sites is 1. The summed E-state index contributed by atoms with van der Waals surface area (Å²) in [4.78, 5) is 184. The number of amides is 11. The van der Waals surface area contributed by atoms with Gasteiger partial charge in [-0.3, -0.25) is 53.3 Å². The number of hydrogen-bond donors (Lipinski definition) is 11. The smallest absolute Gasteiger partial charge is 0.409 e. The molecule has 11 rings (SSSR count). The lowest BCUT2D eigenvalue weighted by molar-refractivity contribution is -0.377. The average Bonchev–Trinajstić information content (AvgIpc) is 1.66. The molecule has 15 atom stereocenters. The fourth-order valence-electron chi connectivity index (χ4n) is 15.9. The molecule has 4 fully saturated rings. The number of aliphatic hydroxyl groups is 2. The summed E-state index contributed by atoms with van der Waals surface area (Å²) in [7, 11) is 9.88. The fraction of sp³-hybridized carbons (Fsp3) is 0.517. The van der Waals surface area contributed by atoms with Crippen LogP contribution in [0, 0.1) is 11.8 Å². The molecule has 6 aliphatic rings. The van der Waals surface area contributed by atoms with E-state index >= 15 is 14.4 Å². The maximum Gasteiger partial charge on any atom is 0.409 e. The number of aromatic nitrogens is 1. The summed E-state index contributed by atoms with van der Waals surface area (Å²) in [6.45, 7) is 8.94. The van der Waals surface area contributed by atoms with E-state index in [-0.39, 0.29) is 107 Å². The summed E-state index contributed by atoms with van der Waals surface area (Å²) in [5.41, 5.74) is 8.24. The zero-order chi connectivity index (χ0) is 89.1. The van der Waals surface area contributed by atoms with Crippen LogP contribution in [0.1, 0.15) is 115 Å². The summed E-state index contributed by atoms with van der Waals surface area (Å²) < 4.78 is 29.9. The van der Waals surface area contributed by atoms with Gasteiger partial charge in [-0.1, -0.05) is 132 Å². The van der Waals surface area contributed by atoms with Crippen LogP contribution in [0.5, 0.6) is 11.5 Å². The predicted octanol–water partition coefficient (Wildman–Crippen LogP) is 5.02. The lowest BCUT2D eigenvalue weighted by Crippen LogP contribution is -2.68. The Kier molecular flexibility index (Phi) is 33.5. The molecule has 123 heavy (non-hydrogen) atoms. The number of hydrogen-bond acceptors (Lipinski definition) is 23. The Labute approximate surface area is 728 Å². The Bertz CT molecular complexity index is 4690. The highest BCUT2D eigenvalue weighted by Crippen LogP contribution is 2.49. The van der Waals surface area contributed by atoms with E-state index in [0.717, 1.165) is 26.9 Å². The van der Waals surface area contributed by atoms with Gasteiger partial charge in [0.15, 0.2) is 5.72 Å². The van der Waals surface area contributed by atoms with Gasteiger partial charge in [-0.25, -0.2) is 9.59 Å². The van der Waals surface area contributed by atoms with Crippen LogP contribution in [-0.2, 0) is 97.4 Å². The third-order valence-corrected chi connectivity index (χ3v) is 26.3. The van der Waals surface area contributed by atoms with Gasteiger partial charge in [-0.2, -0.15) is 0 Å². The molecule has 6 bridgehead atoms. The Hall–Kier alpha value is -10.3. The number of alkyl carbamates (subject to hydrolysis) is 1. The third kappa shape index (κ3) is 24.2. The van der Waals surface area contributed by atoms with Crippen LogP contribution in [0.4, 0.5) is 10.5 Å². The summed E-state index contributed by atoms with van der Waals surface area (Å²) >= 11 is 6.89. The minimum absolute atomic E-state index is 0.0142. The molecule has 12 N–H and O–H groups in total. The lowest BCUT2D eigenvalue weighted by Gasteiger charge is -2.55. The van der Waals surface area contributed by atoms with Crippen LogP contribution < -0.4 is 47.3 Å². The minimum atomic E-state index is -1.92. The second-order valence-electron chi connectivity index (χ2n) is 32.1. The number of H-pyrrole nitrogens is 1. The number of ether oxygens (including phenoxy) is 5. The van der Waals surface area contributed by atoms with Crippen molar-refractivity contribution in [3.63, 3.8) is 0 Å². The molecule has 0 radical (unpaired) electrons. The van der Waals surface area contributed by atoms with Crippen molar-refractivity contribution < 1.29 is 96.5 Å². The van der Waals surface area contributed by atoms with Crippen molar-refractivity contribution >= 4 is 121 Å². The van der Waals surface area contributed by atoms with Crippen molar-refractivity contribution in [2.24, 2.45) is 17.6 Å². The molecule has 0 aliphatic carbocycles. The second-order valence-corrected chi connectivity index (χ2v) is 35.2. The molecular weight excluding hydrogens is 1650 g/mol. The average molecular weight is 1760 g/mol. The molecule has 36 heteroatoms. The Morgan fingerprint density at radius 1 is 0.740 bits per heavy atom. The molecule has 666 valence electrons. The number of methoxy groups -OCH3 is 2. The number of esters is 1. The number of phenolic OH excluding ortho intramolecular Hbond substituents is 1. The van der Waals surface area contributed by atoms with E-state index in [1.165, 1.54) is 92.7 Å². The van der Waals surface area contributed by atoms with E-state index in [9.17, 15) is 58.5 Å². The van der Waals surface area contributed by atoms with Gasteiger partial charge < -0.3 is 101 Å². The normalized spacial score (nSPS) is 26.6. The van der Waals surface area contributed by atoms with E-state index in [1.54, 1.807) is 103 Å². The number of fused-ring (bicyclic) bond motifs is 6. The van der Waals surface area contributed by atoms with Crippen LogP contribution in [0.25, 0.3) is 10.9 Å². The SMILES string of the molecule is COc1cc2cc(c1Cl)N(C)C(=O)CC1(OC(=O)[C@H](C)N(C)C(=O)CCSSCCC(=O)N3CCN(C(=O)CC[C@H]4C(=O)N[C@@H](Cc5ccc(O)cc5)C(=O)N[C@H](Cc5c[nH]c6ccccc56)C(=O)N[C@@H](CCCCN)C(=O)N[C@@H]([C@@H](C)O)C(=O)N[C@@H](Cc5ccccc5)C(=O)N4C)CC3)O[C@@H]([C@H](C)[C@@H]3C[C@@](O)(NC(=O)O3)[C@H](OC)/C=C/C=C(\C)C2)[C@@H]1C.